The molecule has 19 heavy (non-hydrogen) atoms. The summed E-state index contributed by atoms with van der Waals surface area (Å²) in [6, 6.07) is 6.21. The number of halogens is 3. The third-order valence-corrected chi connectivity index (χ3v) is 3.15. The second-order valence-electron chi connectivity index (χ2n) is 3.58. The van der Waals surface area contributed by atoms with Crippen LogP contribution in [0.2, 0.25) is 0 Å². The number of benzene rings is 2. The molecular formula is C12H6F3NO2S. The fraction of sp³-hybridized carbons (Fsp3) is 0. The van der Waals surface area contributed by atoms with Crippen LogP contribution < -0.4 is 0 Å². The van der Waals surface area contributed by atoms with Crippen molar-refractivity contribution in [1.82, 2.24) is 0 Å². The van der Waals surface area contributed by atoms with E-state index in [4.69, 9.17) is 0 Å². The Labute approximate surface area is 110 Å². The van der Waals surface area contributed by atoms with Crippen LogP contribution in [-0.2, 0) is 0 Å². The standard InChI is InChI=1S/C12H6F3NO2S/c13-7-3-8(16(17)18)5-10(4-7)19-9-1-2-11(14)12(15)6-9/h1-6H. The van der Waals surface area contributed by atoms with Crippen molar-refractivity contribution >= 4 is 17.4 Å². The fourth-order valence-electron chi connectivity index (χ4n) is 1.39. The molecule has 0 bridgehead atoms. The van der Waals surface area contributed by atoms with E-state index in [0.717, 1.165) is 42.1 Å². The minimum Gasteiger partial charge on any atom is -0.258 e. The molecule has 0 aliphatic carbocycles. The zero-order valence-corrected chi connectivity index (χ0v) is 10.1. The first kappa shape index (κ1) is 13.4. The lowest BCUT2D eigenvalue weighted by atomic mass is 10.3. The second kappa shape index (κ2) is 5.31. The molecule has 0 saturated carbocycles. The van der Waals surface area contributed by atoms with Crippen LogP contribution in [0.25, 0.3) is 0 Å². The van der Waals surface area contributed by atoms with Gasteiger partial charge in [-0.15, -0.1) is 0 Å². The summed E-state index contributed by atoms with van der Waals surface area (Å²) in [6.45, 7) is 0. The molecule has 2 rings (SSSR count). The molecule has 0 aliphatic rings. The number of nitro groups is 1. The third-order valence-electron chi connectivity index (χ3n) is 2.19. The van der Waals surface area contributed by atoms with Gasteiger partial charge in [-0.2, -0.15) is 0 Å². The molecule has 0 radical (unpaired) electrons. The van der Waals surface area contributed by atoms with Crippen molar-refractivity contribution in [2.45, 2.75) is 9.79 Å². The fourth-order valence-corrected chi connectivity index (χ4v) is 2.31. The van der Waals surface area contributed by atoms with Gasteiger partial charge in [0.05, 0.1) is 11.0 Å². The largest absolute Gasteiger partial charge is 0.273 e. The SMILES string of the molecule is O=[N+]([O-])c1cc(F)cc(Sc2ccc(F)c(F)c2)c1. The van der Waals surface area contributed by atoms with E-state index in [1.807, 2.05) is 0 Å². The number of hydrogen-bond acceptors (Lipinski definition) is 3. The molecule has 3 nitrogen and oxygen atoms in total. The monoisotopic (exact) mass is 285 g/mol. The summed E-state index contributed by atoms with van der Waals surface area (Å²) in [5.74, 6) is -2.79. The quantitative estimate of drug-likeness (QED) is 0.628. The summed E-state index contributed by atoms with van der Waals surface area (Å²) >= 11 is 0.905. The van der Waals surface area contributed by atoms with Crippen molar-refractivity contribution < 1.29 is 18.1 Å². The Kier molecular flexibility index (Phi) is 3.75. The molecule has 0 fully saturated rings. The van der Waals surface area contributed by atoms with E-state index in [1.165, 1.54) is 6.07 Å². The van der Waals surface area contributed by atoms with Gasteiger partial charge >= 0.3 is 0 Å². The molecule has 7 heteroatoms. The summed E-state index contributed by atoms with van der Waals surface area (Å²) < 4.78 is 38.9. The van der Waals surface area contributed by atoms with Crippen molar-refractivity contribution in [3.8, 4) is 0 Å². The highest BCUT2D eigenvalue weighted by Gasteiger charge is 2.11. The van der Waals surface area contributed by atoms with Gasteiger partial charge in [-0.3, -0.25) is 10.1 Å². The maximum Gasteiger partial charge on any atom is 0.273 e. The van der Waals surface area contributed by atoms with Gasteiger partial charge in [0, 0.05) is 15.9 Å². The maximum absolute atomic E-state index is 13.2. The summed E-state index contributed by atoms with van der Waals surface area (Å²) in [7, 11) is 0. The molecule has 98 valence electrons. The predicted molar refractivity (Wildman–Crippen MR) is 63.5 cm³/mol. The lowest BCUT2D eigenvalue weighted by Gasteiger charge is -2.03. The first-order chi connectivity index (χ1) is 8.95. The summed E-state index contributed by atoms with van der Waals surface area (Å²) in [5, 5.41) is 10.6. The first-order valence-corrected chi connectivity index (χ1v) is 5.85. The van der Waals surface area contributed by atoms with E-state index in [0.29, 0.717) is 4.90 Å². The molecule has 0 spiro atoms. The molecular weight excluding hydrogens is 279 g/mol. The van der Waals surface area contributed by atoms with Gasteiger partial charge < -0.3 is 0 Å². The lowest BCUT2D eigenvalue weighted by Crippen LogP contribution is -1.90. The Balaban J connectivity index is 2.32. The highest BCUT2D eigenvalue weighted by molar-refractivity contribution is 7.99. The molecule has 2 aromatic rings. The van der Waals surface area contributed by atoms with Crippen molar-refractivity contribution in [3.63, 3.8) is 0 Å². The van der Waals surface area contributed by atoms with Gasteiger partial charge in [0.2, 0.25) is 0 Å². The molecule has 0 aromatic heterocycles. The number of nitrogens with zero attached hydrogens (tertiary/aromatic N) is 1. The van der Waals surface area contributed by atoms with Crippen molar-refractivity contribution in [1.29, 1.82) is 0 Å². The normalized spacial score (nSPS) is 10.5. The van der Waals surface area contributed by atoms with Crippen LogP contribution in [0.15, 0.2) is 46.2 Å². The predicted octanol–water partition coefficient (Wildman–Crippen LogP) is 4.16. The van der Waals surface area contributed by atoms with Crippen LogP contribution in [0.1, 0.15) is 0 Å². The van der Waals surface area contributed by atoms with E-state index >= 15 is 0 Å². The second-order valence-corrected chi connectivity index (χ2v) is 4.73. The molecule has 2 aromatic carbocycles. The highest BCUT2D eigenvalue weighted by Crippen LogP contribution is 2.31. The number of hydrogen-bond donors (Lipinski definition) is 0. The number of non-ortho nitro benzene ring substituents is 1. The van der Waals surface area contributed by atoms with Crippen LogP contribution in [0.4, 0.5) is 18.9 Å². The zero-order chi connectivity index (χ0) is 14.0. The van der Waals surface area contributed by atoms with Crippen molar-refractivity contribution in [2.24, 2.45) is 0 Å². The molecule has 0 unspecified atom stereocenters. The zero-order valence-electron chi connectivity index (χ0n) is 9.27. The molecule has 0 amide bonds. The highest BCUT2D eigenvalue weighted by atomic mass is 32.2. The van der Waals surface area contributed by atoms with Crippen molar-refractivity contribution in [2.75, 3.05) is 0 Å². The van der Waals surface area contributed by atoms with E-state index < -0.39 is 28.1 Å². The molecule has 0 saturated heterocycles. The van der Waals surface area contributed by atoms with Gasteiger partial charge in [-0.05, 0) is 24.3 Å². The maximum atomic E-state index is 13.2. The summed E-state index contributed by atoms with van der Waals surface area (Å²) in [4.78, 5) is 10.4. The topological polar surface area (TPSA) is 43.1 Å². The number of nitro benzene ring substituents is 1. The van der Waals surface area contributed by atoms with Gasteiger partial charge in [0.1, 0.15) is 5.82 Å². The van der Waals surface area contributed by atoms with Crippen LogP contribution >= 0.6 is 11.8 Å². The molecule has 0 heterocycles. The third kappa shape index (κ3) is 3.25. The first-order valence-electron chi connectivity index (χ1n) is 5.03. The average Bonchev–Trinajstić information content (AvgIpc) is 2.33. The van der Waals surface area contributed by atoms with Crippen molar-refractivity contribution in [3.05, 3.63) is 64.0 Å². The lowest BCUT2D eigenvalue weighted by molar-refractivity contribution is -0.385. The summed E-state index contributed by atoms with van der Waals surface area (Å²) in [6.07, 6.45) is 0. The van der Waals surface area contributed by atoms with Gasteiger partial charge in [0.25, 0.3) is 5.69 Å². The van der Waals surface area contributed by atoms with Crippen LogP contribution in [-0.4, -0.2) is 4.92 Å². The van der Waals surface area contributed by atoms with E-state index in [1.54, 1.807) is 0 Å². The van der Waals surface area contributed by atoms with Crippen LogP contribution in [0, 0.1) is 27.6 Å². The smallest absolute Gasteiger partial charge is 0.258 e. The van der Waals surface area contributed by atoms with Gasteiger partial charge in [-0.1, -0.05) is 11.8 Å². The Morgan fingerprint density at radius 2 is 1.68 bits per heavy atom. The summed E-state index contributed by atoms with van der Waals surface area (Å²) in [5.41, 5.74) is -0.398. The van der Waals surface area contributed by atoms with Gasteiger partial charge in [0.15, 0.2) is 11.6 Å². The molecule has 0 aliphatic heterocycles. The number of rotatable bonds is 3. The Bertz CT molecular complexity index is 649. The van der Waals surface area contributed by atoms with E-state index in [2.05, 4.69) is 0 Å². The molecule has 0 atom stereocenters. The minimum atomic E-state index is -1.03. The van der Waals surface area contributed by atoms with E-state index in [-0.39, 0.29) is 4.90 Å². The van der Waals surface area contributed by atoms with Gasteiger partial charge in [-0.25, -0.2) is 13.2 Å². The van der Waals surface area contributed by atoms with Crippen LogP contribution in [0.3, 0.4) is 0 Å². The molecule has 0 N–H and O–H groups in total. The van der Waals surface area contributed by atoms with E-state index in [9.17, 15) is 23.3 Å². The van der Waals surface area contributed by atoms with Crippen LogP contribution in [0.5, 0.6) is 0 Å². The average molecular weight is 285 g/mol. The minimum absolute atomic E-state index is 0.234. The Morgan fingerprint density at radius 1 is 0.947 bits per heavy atom. The Hall–Kier alpha value is -2.02. The Morgan fingerprint density at radius 3 is 2.32 bits per heavy atom.